The molecule has 1 aliphatic heterocycles. The first kappa shape index (κ1) is 22.5. The molecule has 3 aromatic rings. The number of amides is 1. The van der Waals surface area contributed by atoms with Crippen molar-refractivity contribution in [3.05, 3.63) is 78.7 Å². The molecule has 158 valence electrons. The first-order chi connectivity index (χ1) is 14.9. The van der Waals surface area contributed by atoms with Crippen LogP contribution in [0, 0.1) is 0 Å². The van der Waals surface area contributed by atoms with E-state index < -0.39 is 0 Å². The van der Waals surface area contributed by atoms with Crippen molar-refractivity contribution in [1.29, 1.82) is 0 Å². The predicted molar refractivity (Wildman–Crippen MR) is 133 cm³/mol. The van der Waals surface area contributed by atoms with Gasteiger partial charge in [0.25, 0.3) is 5.91 Å². The van der Waals surface area contributed by atoms with Crippen LogP contribution in [0.3, 0.4) is 0 Å². The van der Waals surface area contributed by atoms with E-state index in [2.05, 4.69) is 20.9 Å². The summed E-state index contributed by atoms with van der Waals surface area (Å²) in [6, 6.07) is 14.3. The van der Waals surface area contributed by atoms with Crippen molar-refractivity contribution in [2.45, 2.75) is 6.92 Å². The fourth-order valence-corrected chi connectivity index (χ4v) is 4.66. The minimum Gasteiger partial charge on any atom is -0.457 e. The summed E-state index contributed by atoms with van der Waals surface area (Å²) in [4.78, 5) is 19.6. The zero-order chi connectivity index (χ0) is 22.1. The van der Waals surface area contributed by atoms with Crippen molar-refractivity contribution < 1.29 is 9.21 Å². The Morgan fingerprint density at radius 3 is 2.58 bits per heavy atom. The number of likely N-dealkylation sites (N-methyl/N-ethyl adjacent to an activating group) is 1. The van der Waals surface area contributed by atoms with E-state index in [9.17, 15) is 4.79 Å². The van der Waals surface area contributed by atoms with Gasteiger partial charge in [-0.25, -0.2) is 4.99 Å². The number of benzene rings is 2. The molecule has 1 aromatic heterocycles. The maximum Gasteiger partial charge on any atom is 0.266 e. The smallest absolute Gasteiger partial charge is 0.266 e. The molecule has 0 N–H and O–H groups in total. The second-order valence-electron chi connectivity index (χ2n) is 6.48. The molecule has 31 heavy (non-hydrogen) atoms. The van der Waals surface area contributed by atoms with Gasteiger partial charge < -0.3 is 4.42 Å². The highest BCUT2D eigenvalue weighted by molar-refractivity contribution is 9.10. The highest BCUT2D eigenvalue weighted by Crippen LogP contribution is 2.36. The molecule has 1 saturated heterocycles. The average Bonchev–Trinajstić information content (AvgIpc) is 3.32. The number of halogens is 4. The SMILES string of the molecule is CCN1C(=O)/C(=C\c2ccc(-c3ccc(Cl)c(Cl)c3)o2)SC1=Nc1ccc(Br)c(Cl)c1. The van der Waals surface area contributed by atoms with Gasteiger partial charge in [0.2, 0.25) is 0 Å². The van der Waals surface area contributed by atoms with Gasteiger partial charge in [-0.2, -0.15) is 0 Å². The summed E-state index contributed by atoms with van der Waals surface area (Å²) in [7, 11) is 0. The molecule has 1 aliphatic rings. The number of furan rings is 1. The number of hydrogen-bond donors (Lipinski definition) is 0. The van der Waals surface area contributed by atoms with Crippen molar-refractivity contribution in [2.75, 3.05) is 6.54 Å². The molecule has 2 aromatic carbocycles. The van der Waals surface area contributed by atoms with Gasteiger partial charge in [0.05, 0.1) is 25.7 Å². The van der Waals surface area contributed by atoms with Crippen LogP contribution in [-0.2, 0) is 4.79 Å². The Morgan fingerprint density at radius 1 is 1.06 bits per heavy atom. The van der Waals surface area contributed by atoms with Crippen molar-refractivity contribution in [1.82, 2.24) is 4.90 Å². The Labute approximate surface area is 207 Å². The van der Waals surface area contributed by atoms with Crippen LogP contribution in [0.5, 0.6) is 0 Å². The van der Waals surface area contributed by atoms with Gasteiger partial charge in [-0.05, 0) is 83.1 Å². The molecule has 9 heteroatoms. The van der Waals surface area contributed by atoms with Gasteiger partial charge in [0, 0.05) is 22.7 Å². The molecule has 1 fully saturated rings. The van der Waals surface area contributed by atoms with Crippen molar-refractivity contribution >= 4 is 85.3 Å². The molecule has 0 atom stereocenters. The monoisotopic (exact) mass is 554 g/mol. The lowest BCUT2D eigenvalue weighted by atomic mass is 10.2. The summed E-state index contributed by atoms with van der Waals surface area (Å²) in [5.41, 5.74) is 1.47. The molecule has 2 heterocycles. The van der Waals surface area contributed by atoms with Gasteiger partial charge in [-0.3, -0.25) is 9.69 Å². The average molecular weight is 557 g/mol. The van der Waals surface area contributed by atoms with E-state index in [1.807, 2.05) is 31.2 Å². The Balaban J connectivity index is 1.62. The van der Waals surface area contributed by atoms with Crippen molar-refractivity contribution in [2.24, 2.45) is 4.99 Å². The molecule has 0 bridgehead atoms. The highest BCUT2D eigenvalue weighted by Gasteiger charge is 2.32. The lowest BCUT2D eigenvalue weighted by Gasteiger charge is -2.12. The van der Waals surface area contributed by atoms with Gasteiger partial charge in [-0.15, -0.1) is 0 Å². The number of amidine groups is 1. The maximum absolute atomic E-state index is 12.9. The van der Waals surface area contributed by atoms with Crippen LogP contribution in [0.2, 0.25) is 15.1 Å². The molecule has 0 aliphatic carbocycles. The number of thioether (sulfide) groups is 1. The third kappa shape index (κ3) is 4.89. The lowest BCUT2D eigenvalue weighted by molar-refractivity contribution is -0.122. The molecular formula is C22H14BrCl3N2O2S. The van der Waals surface area contributed by atoms with Gasteiger partial charge in [0.15, 0.2) is 5.17 Å². The zero-order valence-corrected chi connectivity index (χ0v) is 20.7. The minimum absolute atomic E-state index is 0.123. The summed E-state index contributed by atoms with van der Waals surface area (Å²) in [5, 5.41) is 2.07. The topological polar surface area (TPSA) is 45.8 Å². The van der Waals surface area contributed by atoms with E-state index in [0.717, 1.165) is 10.0 Å². The Bertz CT molecular complexity index is 1240. The van der Waals surface area contributed by atoms with E-state index in [1.54, 1.807) is 35.2 Å². The molecule has 0 radical (unpaired) electrons. The molecule has 4 nitrogen and oxygen atoms in total. The zero-order valence-electron chi connectivity index (χ0n) is 16.0. The quantitative estimate of drug-likeness (QED) is 0.304. The van der Waals surface area contributed by atoms with Gasteiger partial charge >= 0.3 is 0 Å². The van der Waals surface area contributed by atoms with Crippen LogP contribution >= 0.6 is 62.5 Å². The Morgan fingerprint density at radius 2 is 1.87 bits per heavy atom. The first-order valence-electron chi connectivity index (χ1n) is 9.16. The molecule has 4 rings (SSSR count). The van der Waals surface area contributed by atoms with E-state index in [0.29, 0.717) is 48.9 Å². The number of nitrogens with zero attached hydrogens (tertiary/aromatic N) is 2. The fourth-order valence-electron chi connectivity index (χ4n) is 2.90. The second-order valence-corrected chi connectivity index (χ2v) is 9.57. The minimum atomic E-state index is -0.123. The van der Waals surface area contributed by atoms with E-state index >= 15 is 0 Å². The van der Waals surface area contributed by atoms with Crippen molar-refractivity contribution in [3.63, 3.8) is 0 Å². The summed E-state index contributed by atoms with van der Waals surface area (Å²) in [6.07, 6.45) is 1.72. The molecule has 0 unspecified atom stereocenters. The first-order valence-corrected chi connectivity index (χ1v) is 11.9. The molecular weight excluding hydrogens is 543 g/mol. The van der Waals surface area contributed by atoms with E-state index in [1.165, 1.54) is 11.8 Å². The van der Waals surface area contributed by atoms with Crippen LogP contribution in [0.4, 0.5) is 5.69 Å². The summed E-state index contributed by atoms with van der Waals surface area (Å²) in [5.74, 6) is 1.06. The van der Waals surface area contributed by atoms with Crippen LogP contribution in [-0.4, -0.2) is 22.5 Å². The van der Waals surface area contributed by atoms with E-state index in [-0.39, 0.29) is 5.91 Å². The highest BCUT2D eigenvalue weighted by atomic mass is 79.9. The fraction of sp³-hybridized carbons (Fsp3) is 0.0909. The second kappa shape index (κ2) is 9.43. The van der Waals surface area contributed by atoms with Crippen LogP contribution in [0.25, 0.3) is 17.4 Å². The molecule has 0 spiro atoms. The van der Waals surface area contributed by atoms with E-state index in [4.69, 9.17) is 39.2 Å². The van der Waals surface area contributed by atoms with Crippen molar-refractivity contribution in [3.8, 4) is 11.3 Å². The number of rotatable bonds is 4. The van der Waals surface area contributed by atoms with Gasteiger partial charge in [-0.1, -0.05) is 34.8 Å². The summed E-state index contributed by atoms with van der Waals surface area (Å²) in [6.45, 7) is 2.40. The number of carbonyl (C=O) groups is 1. The normalized spacial score (nSPS) is 16.7. The molecule has 0 saturated carbocycles. The third-order valence-electron chi connectivity index (χ3n) is 4.44. The summed E-state index contributed by atoms with van der Waals surface area (Å²) >= 11 is 22.9. The van der Waals surface area contributed by atoms with Crippen LogP contribution in [0.15, 0.2) is 67.3 Å². The Hall–Kier alpha value is -1.70. The molecule has 1 amide bonds. The maximum atomic E-state index is 12.9. The number of hydrogen-bond acceptors (Lipinski definition) is 4. The largest absolute Gasteiger partial charge is 0.457 e. The standard InChI is InChI=1S/C22H14BrCl3N2O2S/c1-2-28-21(29)20(31-22(28)27-13-4-6-15(23)17(25)10-13)11-14-5-8-19(30-14)12-3-7-16(24)18(26)9-12/h3-11H,2H2,1H3/b20-11+,27-22?. The van der Waals surface area contributed by atoms with Crippen LogP contribution < -0.4 is 0 Å². The Kier molecular flexibility index (Phi) is 6.84. The number of aliphatic imine (C=N–C) groups is 1. The number of carbonyl (C=O) groups excluding carboxylic acids is 1. The third-order valence-corrected chi connectivity index (χ3v) is 7.41. The lowest BCUT2D eigenvalue weighted by Crippen LogP contribution is -2.28. The predicted octanol–water partition coefficient (Wildman–Crippen LogP) is 8.29. The summed E-state index contributed by atoms with van der Waals surface area (Å²) < 4.78 is 6.69. The van der Waals surface area contributed by atoms with Gasteiger partial charge in [0.1, 0.15) is 11.5 Å². The van der Waals surface area contributed by atoms with Crippen LogP contribution in [0.1, 0.15) is 12.7 Å².